The minimum atomic E-state index is 0.0297. The van der Waals surface area contributed by atoms with Gasteiger partial charge in [-0.25, -0.2) is 0 Å². The van der Waals surface area contributed by atoms with Crippen LogP contribution in [0.2, 0.25) is 0 Å². The summed E-state index contributed by atoms with van der Waals surface area (Å²) >= 11 is 0. The second-order valence-corrected chi connectivity index (χ2v) is 4.05. The highest BCUT2D eigenvalue weighted by Crippen LogP contribution is 2.05. The number of hydrogen-bond acceptors (Lipinski definition) is 4. The van der Waals surface area contributed by atoms with Gasteiger partial charge in [0.25, 0.3) is 0 Å². The van der Waals surface area contributed by atoms with Crippen LogP contribution in [0.15, 0.2) is 16.9 Å². The third kappa shape index (κ3) is 2.83. The molecule has 0 N–H and O–H groups in total. The van der Waals surface area contributed by atoms with E-state index in [1.165, 1.54) is 6.26 Å². The molecule has 0 radical (unpaired) electrons. The van der Waals surface area contributed by atoms with E-state index >= 15 is 0 Å². The first kappa shape index (κ1) is 11.6. The molecule has 2 heterocycles. The monoisotopic (exact) mass is 237 g/mol. The van der Waals surface area contributed by atoms with Crippen LogP contribution in [0.5, 0.6) is 0 Å². The molecule has 0 unspecified atom stereocenters. The molecular formula is C11H15N3O3. The number of carbonyl (C=O) groups is 2. The van der Waals surface area contributed by atoms with Gasteiger partial charge in [-0.15, -0.1) is 0 Å². The topological polar surface area (TPSA) is 66.7 Å². The van der Waals surface area contributed by atoms with Crippen molar-refractivity contribution in [3.05, 3.63) is 18.0 Å². The van der Waals surface area contributed by atoms with Gasteiger partial charge in [-0.1, -0.05) is 5.16 Å². The molecule has 6 heteroatoms. The second-order valence-electron chi connectivity index (χ2n) is 4.05. The molecule has 6 nitrogen and oxygen atoms in total. The first-order valence-electron chi connectivity index (χ1n) is 5.59. The van der Waals surface area contributed by atoms with Crippen LogP contribution < -0.4 is 0 Å². The Morgan fingerprint density at radius 1 is 1.29 bits per heavy atom. The summed E-state index contributed by atoms with van der Waals surface area (Å²) in [6.07, 6.45) is 1.72. The maximum absolute atomic E-state index is 11.9. The standard InChI is InChI=1S/C11H15N3O3/c1-9(15)13-3-5-14(6-4-13)11(16)8-10-2-7-17-12-10/h2,7H,3-6,8H2,1H3. The summed E-state index contributed by atoms with van der Waals surface area (Å²) in [6, 6.07) is 1.68. The molecule has 0 aliphatic carbocycles. The highest BCUT2D eigenvalue weighted by Gasteiger charge is 2.22. The van der Waals surface area contributed by atoms with E-state index in [-0.39, 0.29) is 18.2 Å². The molecule has 1 aromatic rings. The Morgan fingerprint density at radius 2 is 1.94 bits per heavy atom. The Bertz CT molecular complexity index is 394. The summed E-state index contributed by atoms with van der Waals surface area (Å²) in [6.45, 7) is 3.96. The normalized spacial score (nSPS) is 16.1. The van der Waals surface area contributed by atoms with Crippen LogP contribution in [0.25, 0.3) is 0 Å². The third-order valence-corrected chi connectivity index (χ3v) is 2.90. The smallest absolute Gasteiger partial charge is 0.228 e. The average molecular weight is 237 g/mol. The molecule has 0 atom stereocenters. The molecule has 0 aromatic carbocycles. The maximum Gasteiger partial charge on any atom is 0.228 e. The second kappa shape index (κ2) is 4.99. The van der Waals surface area contributed by atoms with E-state index in [0.29, 0.717) is 31.9 Å². The van der Waals surface area contributed by atoms with Gasteiger partial charge in [-0.2, -0.15) is 0 Å². The zero-order valence-electron chi connectivity index (χ0n) is 9.76. The van der Waals surface area contributed by atoms with Crippen LogP contribution in [-0.4, -0.2) is 52.9 Å². The highest BCUT2D eigenvalue weighted by atomic mass is 16.5. The van der Waals surface area contributed by atoms with E-state index in [1.807, 2.05) is 0 Å². The number of hydrogen-bond donors (Lipinski definition) is 0. The molecule has 0 saturated carbocycles. The summed E-state index contributed by atoms with van der Waals surface area (Å²) in [5, 5.41) is 3.71. The fourth-order valence-corrected chi connectivity index (χ4v) is 1.87. The van der Waals surface area contributed by atoms with Gasteiger partial charge < -0.3 is 14.3 Å². The average Bonchev–Trinajstić information content (AvgIpc) is 2.82. The summed E-state index contributed by atoms with van der Waals surface area (Å²) < 4.78 is 4.68. The molecule has 92 valence electrons. The predicted molar refractivity (Wildman–Crippen MR) is 59.0 cm³/mol. The van der Waals surface area contributed by atoms with Crippen LogP contribution in [-0.2, 0) is 16.0 Å². The van der Waals surface area contributed by atoms with Crippen molar-refractivity contribution in [3.8, 4) is 0 Å². The van der Waals surface area contributed by atoms with E-state index in [1.54, 1.807) is 22.8 Å². The van der Waals surface area contributed by atoms with Gasteiger partial charge in [0.15, 0.2) is 0 Å². The van der Waals surface area contributed by atoms with Crippen LogP contribution >= 0.6 is 0 Å². The van der Waals surface area contributed by atoms with E-state index in [9.17, 15) is 9.59 Å². The molecule has 0 spiro atoms. The van der Waals surface area contributed by atoms with Gasteiger partial charge >= 0.3 is 0 Å². The minimum Gasteiger partial charge on any atom is -0.364 e. The Morgan fingerprint density at radius 3 is 2.47 bits per heavy atom. The number of aromatic nitrogens is 1. The van der Waals surface area contributed by atoms with Gasteiger partial charge in [0.2, 0.25) is 11.8 Å². The molecule has 2 rings (SSSR count). The molecule has 1 aliphatic heterocycles. The van der Waals surface area contributed by atoms with Gasteiger partial charge in [-0.3, -0.25) is 9.59 Å². The first-order chi connectivity index (χ1) is 8.16. The summed E-state index contributed by atoms with van der Waals surface area (Å²) in [5.74, 6) is 0.0932. The summed E-state index contributed by atoms with van der Waals surface area (Å²) in [5.41, 5.74) is 0.643. The Labute approximate surface area is 99.2 Å². The highest BCUT2D eigenvalue weighted by molar-refractivity contribution is 5.79. The van der Waals surface area contributed by atoms with Crippen LogP contribution in [0.3, 0.4) is 0 Å². The van der Waals surface area contributed by atoms with Crippen LogP contribution in [0.4, 0.5) is 0 Å². The summed E-state index contributed by atoms with van der Waals surface area (Å²) in [7, 11) is 0. The number of rotatable bonds is 2. The van der Waals surface area contributed by atoms with E-state index < -0.39 is 0 Å². The lowest BCUT2D eigenvalue weighted by molar-refractivity contribution is -0.138. The van der Waals surface area contributed by atoms with E-state index in [0.717, 1.165) is 0 Å². The number of carbonyl (C=O) groups excluding carboxylic acids is 2. The summed E-state index contributed by atoms with van der Waals surface area (Å²) in [4.78, 5) is 26.5. The van der Waals surface area contributed by atoms with Crippen molar-refractivity contribution in [3.63, 3.8) is 0 Å². The van der Waals surface area contributed by atoms with Crippen molar-refractivity contribution in [1.29, 1.82) is 0 Å². The zero-order valence-corrected chi connectivity index (χ0v) is 9.76. The van der Waals surface area contributed by atoms with Crippen molar-refractivity contribution < 1.29 is 14.1 Å². The molecule has 1 aliphatic rings. The zero-order chi connectivity index (χ0) is 12.3. The molecule has 17 heavy (non-hydrogen) atoms. The van der Waals surface area contributed by atoms with Gasteiger partial charge in [0, 0.05) is 39.2 Å². The fourth-order valence-electron chi connectivity index (χ4n) is 1.87. The minimum absolute atomic E-state index is 0.0297. The Kier molecular flexibility index (Phi) is 3.41. The molecule has 1 saturated heterocycles. The molecule has 1 fully saturated rings. The SMILES string of the molecule is CC(=O)N1CCN(C(=O)Cc2ccon2)CC1. The van der Waals surface area contributed by atoms with E-state index in [4.69, 9.17) is 0 Å². The molecule has 1 aromatic heterocycles. The van der Waals surface area contributed by atoms with Gasteiger partial charge in [0.05, 0.1) is 12.1 Å². The van der Waals surface area contributed by atoms with Crippen molar-refractivity contribution >= 4 is 11.8 Å². The maximum atomic E-state index is 11.9. The molecule has 2 amide bonds. The predicted octanol–water partition coefficient (Wildman–Crippen LogP) is -0.0922. The van der Waals surface area contributed by atoms with Crippen molar-refractivity contribution in [2.75, 3.05) is 26.2 Å². The lowest BCUT2D eigenvalue weighted by atomic mass is 10.2. The molecular weight excluding hydrogens is 222 g/mol. The van der Waals surface area contributed by atoms with E-state index in [2.05, 4.69) is 9.68 Å². The third-order valence-electron chi connectivity index (χ3n) is 2.90. The van der Waals surface area contributed by atoms with Crippen LogP contribution in [0.1, 0.15) is 12.6 Å². The quantitative estimate of drug-likeness (QED) is 0.721. The lowest BCUT2D eigenvalue weighted by Gasteiger charge is -2.34. The fraction of sp³-hybridized carbons (Fsp3) is 0.545. The Hall–Kier alpha value is -1.85. The van der Waals surface area contributed by atoms with Crippen molar-refractivity contribution in [2.45, 2.75) is 13.3 Å². The van der Waals surface area contributed by atoms with Gasteiger partial charge in [-0.05, 0) is 0 Å². The molecule has 0 bridgehead atoms. The number of nitrogens with zero attached hydrogens (tertiary/aromatic N) is 3. The van der Waals surface area contributed by atoms with Crippen molar-refractivity contribution in [1.82, 2.24) is 15.0 Å². The van der Waals surface area contributed by atoms with Gasteiger partial charge in [0.1, 0.15) is 6.26 Å². The lowest BCUT2D eigenvalue weighted by Crippen LogP contribution is -2.50. The van der Waals surface area contributed by atoms with Crippen molar-refractivity contribution in [2.24, 2.45) is 0 Å². The number of amides is 2. The Balaban J connectivity index is 1.84. The number of piperazine rings is 1. The van der Waals surface area contributed by atoms with Crippen LogP contribution in [0, 0.1) is 0 Å². The first-order valence-corrected chi connectivity index (χ1v) is 5.59. The largest absolute Gasteiger partial charge is 0.364 e.